The number of fused-ring (bicyclic) bond motifs is 2. The van der Waals surface area contributed by atoms with E-state index >= 15 is 0 Å². The Kier molecular flexibility index (Phi) is 13.4. The minimum absolute atomic E-state index is 0.0443. The van der Waals surface area contributed by atoms with Crippen molar-refractivity contribution in [2.45, 2.75) is 39.8 Å². The maximum absolute atomic E-state index is 13.5. The van der Waals surface area contributed by atoms with Gasteiger partial charge in [-0.2, -0.15) is 0 Å². The van der Waals surface area contributed by atoms with Gasteiger partial charge in [0.25, 0.3) is 23.6 Å². The molecule has 65 heavy (non-hydrogen) atoms. The number of imide groups is 1. The first kappa shape index (κ1) is 45.2. The van der Waals surface area contributed by atoms with Crippen LogP contribution < -0.4 is 31.6 Å². The largest absolute Gasteiger partial charge is 0.494 e. The molecule has 0 radical (unpaired) electrons. The number of thiazole rings is 2. The second-order valence-corrected chi connectivity index (χ2v) is 16.3. The third-order valence-corrected chi connectivity index (χ3v) is 11.9. The third kappa shape index (κ3) is 10.0. The van der Waals surface area contributed by atoms with Gasteiger partial charge in [0.2, 0.25) is 29.6 Å². The van der Waals surface area contributed by atoms with E-state index in [-0.39, 0.29) is 95.2 Å². The van der Waals surface area contributed by atoms with Crippen molar-refractivity contribution < 1.29 is 43.0 Å². The van der Waals surface area contributed by atoms with Crippen LogP contribution in [0.3, 0.4) is 0 Å². The highest BCUT2D eigenvalue weighted by molar-refractivity contribution is 7.12. The van der Waals surface area contributed by atoms with Crippen LogP contribution in [-0.4, -0.2) is 114 Å². The summed E-state index contributed by atoms with van der Waals surface area (Å²) in [5, 5.41) is 9.55. The summed E-state index contributed by atoms with van der Waals surface area (Å²) in [6, 6.07) is 5.93. The minimum Gasteiger partial charge on any atom is -0.494 e. The zero-order valence-electron chi connectivity index (χ0n) is 35.4. The molecule has 23 heteroatoms. The number of benzene rings is 2. The first-order valence-corrected chi connectivity index (χ1v) is 21.6. The van der Waals surface area contributed by atoms with E-state index in [1.54, 1.807) is 52.9 Å². The lowest BCUT2D eigenvalue weighted by atomic mass is 10.1. The van der Waals surface area contributed by atoms with Gasteiger partial charge in [-0.1, -0.05) is 12.2 Å². The number of ether oxygens (including phenoxy) is 2. The first-order valence-electron chi connectivity index (χ1n) is 19.9. The molecule has 0 bridgehead atoms. The number of aryl methyl sites for hydroxylation is 2. The van der Waals surface area contributed by atoms with Gasteiger partial charge in [0.15, 0.2) is 10.0 Å². The molecule has 1 aliphatic heterocycles. The molecule has 0 atom stereocenters. The van der Waals surface area contributed by atoms with Crippen molar-refractivity contribution in [3.05, 3.63) is 91.9 Å². The Morgan fingerprint density at radius 3 is 1.71 bits per heavy atom. The van der Waals surface area contributed by atoms with E-state index < -0.39 is 35.4 Å². The van der Waals surface area contributed by atoms with Gasteiger partial charge < -0.3 is 35.0 Å². The van der Waals surface area contributed by atoms with Crippen molar-refractivity contribution >= 4 is 98.0 Å². The van der Waals surface area contributed by atoms with Crippen molar-refractivity contribution in [1.82, 2.24) is 38.9 Å². The fraction of sp³-hybridized carbons (Fsp3) is 0.262. The summed E-state index contributed by atoms with van der Waals surface area (Å²) in [6.07, 6.45) is 6.18. The topological polar surface area (TPSA) is 282 Å². The van der Waals surface area contributed by atoms with Gasteiger partial charge in [0.05, 0.1) is 24.8 Å². The molecule has 6 aromatic rings. The molecule has 0 aliphatic carbocycles. The monoisotopic (exact) mass is 922 g/mol. The summed E-state index contributed by atoms with van der Waals surface area (Å²) in [7, 11) is 3.03. The summed E-state index contributed by atoms with van der Waals surface area (Å²) in [6.45, 7) is 4.03. The highest BCUT2D eigenvalue weighted by atomic mass is 32.1. The molecule has 336 valence electrons. The molecule has 1 aliphatic rings. The summed E-state index contributed by atoms with van der Waals surface area (Å²) in [5.74, 6) is -2.94. The maximum atomic E-state index is 13.5. The second kappa shape index (κ2) is 19.3. The number of primary amides is 2. The molecule has 7 rings (SSSR count). The van der Waals surface area contributed by atoms with Gasteiger partial charge in [0, 0.05) is 85.1 Å². The van der Waals surface area contributed by atoms with E-state index in [0.29, 0.717) is 34.4 Å². The number of anilines is 2. The zero-order chi connectivity index (χ0) is 46.5. The number of imidazole rings is 2. The van der Waals surface area contributed by atoms with E-state index in [1.165, 1.54) is 47.6 Å². The molecule has 21 nitrogen and oxygen atoms in total. The van der Waals surface area contributed by atoms with Crippen LogP contribution in [0, 0.1) is 13.8 Å². The molecule has 0 fully saturated rings. The van der Waals surface area contributed by atoms with Crippen molar-refractivity contribution in [3.63, 3.8) is 0 Å². The van der Waals surface area contributed by atoms with Crippen LogP contribution in [0.4, 0.5) is 11.9 Å². The molecule has 2 aromatic carbocycles. The molecular formula is C42H42N12O9S2. The maximum Gasteiger partial charge on any atom is 0.286 e. The average Bonchev–Trinajstić information content (AvgIpc) is 4.11. The Bertz CT molecular complexity index is 2950. The molecule has 0 spiro atoms. The van der Waals surface area contributed by atoms with Gasteiger partial charge >= 0.3 is 0 Å². The number of carbonyl (C=O) groups excluding carboxylic acids is 7. The minimum atomic E-state index is -0.746. The Balaban J connectivity index is 1.17. The number of allylic oxidation sites excluding steroid dienone is 2. The highest BCUT2D eigenvalue weighted by Crippen LogP contribution is 2.33. The van der Waals surface area contributed by atoms with Crippen molar-refractivity contribution in [2.75, 3.05) is 44.5 Å². The zero-order valence-corrected chi connectivity index (χ0v) is 37.1. The summed E-state index contributed by atoms with van der Waals surface area (Å²) in [4.78, 5) is 108. The standard InChI is InChI=1S/C42H42N12O9S2/c1-22-20-64-39(45-22)37(60)49-41-47-26-16-24(35(43)58)18-28(62-4)33(26)53(41)12-5-6-13-54-34-27(48-42(54)50-38(61)40-46-23(2)21-65-40)17-25(36(44)59)19-29(34)63-15-7-11-51(3)30(55)10-14-52-31(56)8-9-32(52)57/h5-6,8-9,16-21H,7,10-15H2,1-4H3,(H2,43,58)(H2,44,59)(H,47,49,60)(H,48,50,61)/b6-5+. The van der Waals surface area contributed by atoms with Crippen molar-refractivity contribution in [2.24, 2.45) is 11.5 Å². The number of nitrogens with zero attached hydrogens (tertiary/aromatic N) is 8. The highest BCUT2D eigenvalue weighted by Gasteiger charge is 2.26. The van der Waals surface area contributed by atoms with Crippen molar-refractivity contribution in [1.29, 1.82) is 0 Å². The Hall–Kier alpha value is -7.79. The van der Waals surface area contributed by atoms with E-state index in [4.69, 9.17) is 20.9 Å². The van der Waals surface area contributed by atoms with Gasteiger partial charge in [-0.3, -0.25) is 49.1 Å². The lowest BCUT2D eigenvalue weighted by Gasteiger charge is -2.19. The Morgan fingerprint density at radius 2 is 1.25 bits per heavy atom. The van der Waals surface area contributed by atoms with Gasteiger partial charge in [0.1, 0.15) is 22.5 Å². The second-order valence-electron chi connectivity index (χ2n) is 14.6. The summed E-state index contributed by atoms with van der Waals surface area (Å²) in [5.41, 5.74) is 14.4. The number of aromatic nitrogens is 6. The number of methoxy groups -OCH3 is 1. The van der Waals surface area contributed by atoms with Gasteiger partial charge in [-0.25, -0.2) is 19.9 Å². The van der Waals surface area contributed by atoms with Crippen molar-refractivity contribution in [3.8, 4) is 11.5 Å². The quantitative estimate of drug-likeness (QED) is 0.0516. The van der Waals surface area contributed by atoms with Crippen LogP contribution in [0.2, 0.25) is 0 Å². The fourth-order valence-corrected chi connectivity index (χ4v) is 8.18. The van der Waals surface area contributed by atoms with E-state index in [1.807, 2.05) is 0 Å². The lowest BCUT2D eigenvalue weighted by Crippen LogP contribution is -2.36. The molecule has 0 saturated heterocycles. The number of carbonyl (C=O) groups is 7. The van der Waals surface area contributed by atoms with Crippen LogP contribution >= 0.6 is 22.7 Å². The van der Waals surface area contributed by atoms with Crippen LogP contribution in [0.5, 0.6) is 11.5 Å². The third-order valence-electron chi connectivity index (χ3n) is 9.99. The van der Waals surface area contributed by atoms with Crippen LogP contribution in [-0.2, 0) is 27.5 Å². The molecule has 4 aromatic heterocycles. The number of hydrogen-bond donors (Lipinski definition) is 4. The number of amides is 7. The Morgan fingerprint density at radius 1 is 0.754 bits per heavy atom. The first-order chi connectivity index (χ1) is 31.1. The number of nitrogens with one attached hydrogen (secondary N) is 2. The summed E-state index contributed by atoms with van der Waals surface area (Å²) >= 11 is 2.33. The van der Waals surface area contributed by atoms with Crippen LogP contribution in [0.25, 0.3) is 22.1 Å². The van der Waals surface area contributed by atoms with Gasteiger partial charge in [-0.05, 0) is 44.5 Å². The molecule has 7 amide bonds. The van der Waals surface area contributed by atoms with Crippen LogP contribution in [0.1, 0.15) is 64.5 Å². The Labute approximate surface area is 377 Å². The number of hydrogen-bond acceptors (Lipinski definition) is 15. The molecule has 0 saturated carbocycles. The molecule has 5 heterocycles. The molecule has 0 unspecified atom stereocenters. The molecule has 6 N–H and O–H groups in total. The predicted octanol–water partition coefficient (Wildman–Crippen LogP) is 3.43. The lowest BCUT2D eigenvalue weighted by molar-refractivity contribution is -0.138. The van der Waals surface area contributed by atoms with Gasteiger partial charge in [-0.15, -0.1) is 22.7 Å². The number of rotatable bonds is 19. The van der Waals surface area contributed by atoms with E-state index in [0.717, 1.165) is 28.4 Å². The molecular weight excluding hydrogens is 881 g/mol. The number of nitrogens with two attached hydrogens (primary N) is 2. The van der Waals surface area contributed by atoms with E-state index in [9.17, 15) is 33.6 Å². The van der Waals surface area contributed by atoms with E-state index in [2.05, 4.69) is 30.6 Å². The summed E-state index contributed by atoms with van der Waals surface area (Å²) < 4.78 is 15.3. The van der Waals surface area contributed by atoms with Crippen LogP contribution in [0.15, 0.2) is 59.3 Å². The average molecular weight is 923 g/mol. The normalized spacial score (nSPS) is 12.5. The SMILES string of the molecule is COc1cc(C(N)=O)cc2nc(NC(=O)c3nc(C)cs3)n(C/C=C/Cn3c(NC(=O)c4nc(C)cs4)nc4cc(C(N)=O)cc(OCCCN(C)C(=O)CCN5C(=O)C=CC5=O)c43)c12. The predicted molar refractivity (Wildman–Crippen MR) is 240 cm³/mol. The smallest absolute Gasteiger partial charge is 0.286 e. The fourth-order valence-electron chi connectivity index (χ4n) is 6.80.